The Hall–Kier alpha value is -1.80. The molecule has 0 aliphatic carbocycles. The van der Waals surface area contributed by atoms with Crippen molar-refractivity contribution in [3.63, 3.8) is 0 Å². The summed E-state index contributed by atoms with van der Waals surface area (Å²) in [5, 5.41) is 2.42. The van der Waals surface area contributed by atoms with Gasteiger partial charge in [0.2, 0.25) is 0 Å². The van der Waals surface area contributed by atoms with Crippen LogP contribution in [0.15, 0.2) is 11.0 Å². The molecular formula is C18H29BN2O5. The number of aryl methyl sites for hydroxylation is 1. The SMILES string of the molecule is CNC(=O)Oc1c(B2OC(C)(C)C(C)(C)O2)cn(C)c(=O)c1C(C)(C)C. The summed E-state index contributed by atoms with van der Waals surface area (Å²) in [4.78, 5) is 24.8. The zero-order valence-corrected chi connectivity index (χ0v) is 17.1. The first-order valence-corrected chi connectivity index (χ1v) is 8.70. The van der Waals surface area contributed by atoms with Gasteiger partial charge in [0.05, 0.1) is 16.8 Å². The van der Waals surface area contributed by atoms with Crippen LogP contribution in [0.5, 0.6) is 5.75 Å². The molecule has 1 N–H and O–H groups in total. The standard InChI is InChI=1S/C18H29BN2O5/c1-16(2,3)12-13(24-15(23)20-8)11(10-21(9)14(12)22)19-25-17(4,5)18(6,7)26-19/h10H,1-9H3,(H,20,23). The number of hydrogen-bond acceptors (Lipinski definition) is 5. The lowest BCUT2D eigenvalue weighted by Crippen LogP contribution is -2.43. The zero-order chi connectivity index (χ0) is 20.1. The Kier molecular flexibility index (Phi) is 5.07. The van der Waals surface area contributed by atoms with E-state index in [2.05, 4.69) is 5.32 Å². The highest BCUT2D eigenvalue weighted by atomic mass is 16.7. The lowest BCUT2D eigenvalue weighted by Gasteiger charge is -2.32. The molecule has 1 fully saturated rings. The van der Waals surface area contributed by atoms with Crippen LogP contribution in [0.2, 0.25) is 0 Å². The third-order valence-electron chi connectivity index (χ3n) is 5.01. The average Bonchev–Trinajstić information content (AvgIpc) is 2.69. The van der Waals surface area contributed by atoms with Crippen LogP contribution in [0.4, 0.5) is 4.79 Å². The number of nitrogens with one attached hydrogen (secondary N) is 1. The van der Waals surface area contributed by atoms with E-state index >= 15 is 0 Å². The number of nitrogens with zero attached hydrogens (tertiary/aromatic N) is 1. The van der Waals surface area contributed by atoms with E-state index in [0.717, 1.165) is 0 Å². The molecule has 0 aromatic carbocycles. The first kappa shape index (κ1) is 20.5. The quantitative estimate of drug-likeness (QED) is 0.809. The molecule has 0 atom stereocenters. The summed E-state index contributed by atoms with van der Waals surface area (Å²) in [6.45, 7) is 13.5. The molecule has 26 heavy (non-hydrogen) atoms. The second-order valence-electron chi connectivity index (χ2n) is 8.68. The van der Waals surface area contributed by atoms with Crippen molar-refractivity contribution in [2.24, 2.45) is 7.05 Å². The maximum Gasteiger partial charge on any atom is 0.500 e. The van der Waals surface area contributed by atoms with Gasteiger partial charge in [-0.05, 0) is 33.1 Å². The zero-order valence-electron chi connectivity index (χ0n) is 17.1. The minimum Gasteiger partial charge on any atom is -0.410 e. The largest absolute Gasteiger partial charge is 0.500 e. The van der Waals surface area contributed by atoms with E-state index < -0.39 is 29.8 Å². The summed E-state index contributed by atoms with van der Waals surface area (Å²) < 4.78 is 19.2. The van der Waals surface area contributed by atoms with Crippen LogP contribution in [0, 0.1) is 0 Å². The molecule has 8 heteroatoms. The summed E-state index contributed by atoms with van der Waals surface area (Å²) in [6, 6.07) is 0. The normalized spacial score (nSPS) is 18.7. The Morgan fingerprint density at radius 1 is 1.19 bits per heavy atom. The lowest BCUT2D eigenvalue weighted by atomic mass is 9.75. The molecule has 1 saturated heterocycles. The maximum absolute atomic E-state index is 12.8. The number of pyridine rings is 1. The van der Waals surface area contributed by atoms with Gasteiger partial charge in [0.25, 0.3) is 5.56 Å². The summed E-state index contributed by atoms with van der Waals surface area (Å²) in [5.41, 5.74) is -0.971. The van der Waals surface area contributed by atoms with E-state index in [1.54, 1.807) is 13.2 Å². The predicted octanol–water partition coefficient (Wildman–Crippen LogP) is 1.70. The van der Waals surface area contributed by atoms with E-state index in [1.807, 2.05) is 48.5 Å². The molecule has 2 heterocycles. The lowest BCUT2D eigenvalue weighted by molar-refractivity contribution is 0.00578. The van der Waals surface area contributed by atoms with E-state index in [1.165, 1.54) is 11.6 Å². The number of carbonyl (C=O) groups is 1. The fraction of sp³-hybridized carbons (Fsp3) is 0.667. The van der Waals surface area contributed by atoms with Crippen molar-refractivity contribution in [2.45, 2.75) is 65.1 Å². The molecular weight excluding hydrogens is 335 g/mol. The first-order valence-electron chi connectivity index (χ1n) is 8.70. The molecule has 1 amide bonds. The Balaban J connectivity index is 2.72. The van der Waals surface area contributed by atoms with Crippen molar-refractivity contribution >= 4 is 18.7 Å². The topological polar surface area (TPSA) is 78.8 Å². The minimum absolute atomic E-state index is 0.193. The predicted molar refractivity (Wildman–Crippen MR) is 101 cm³/mol. The Bertz CT molecular complexity index is 761. The number of rotatable bonds is 2. The highest BCUT2D eigenvalue weighted by molar-refractivity contribution is 6.63. The van der Waals surface area contributed by atoms with Crippen LogP contribution in [0.25, 0.3) is 0 Å². The van der Waals surface area contributed by atoms with Gasteiger partial charge in [-0.1, -0.05) is 20.8 Å². The first-order chi connectivity index (χ1) is 11.7. The summed E-state index contributed by atoms with van der Waals surface area (Å²) in [5.74, 6) is 0.193. The minimum atomic E-state index is -0.757. The fourth-order valence-electron chi connectivity index (χ4n) is 2.80. The van der Waals surface area contributed by atoms with Crippen molar-refractivity contribution in [1.29, 1.82) is 0 Å². The number of aromatic nitrogens is 1. The number of carbonyl (C=O) groups excluding carboxylic acids is 1. The van der Waals surface area contributed by atoms with Gasteiger partial charge in [-0.2, -0.15) is 0 Å². The Morgan fingerprint density at radius 3 is 2.12 bits per heavy atom. The van der Waals surface area contributed by atoms with Gasteiger partial charge in [0, 0.05) is 25.8 Å². The van der Waals surface area contributed by atoms with Crippen LogP contribution in [0.3, 0.4) is 0 Å². The molecule has 0 radical (unpaired) electrons. The van der Waals surface area contributed by atoms with Crippen LogP contribution < -0.4 is 21.1 Å². The number of hydrogen-bond donors (Lipinski definition) is 1. The van der Waals surface area contributed by atoms with Crippen molar-refractivity contribution < 1.29 is 18.8 Å². The van der Waals surface area contributed by atoms with Gasteiger partial charge in [0.15, 0.2) is 0 Å². The monoisotopic (exact) mass is 364 g/mol. The van der Waals surface area contributed by atoms with Crippen molar-refractivity contribution in [3.8, 4) is 5.75 Å². The molecule has 0 unspecified atom stereocenters. The highest BCUT2D eigenvalue weighted by Crippen LogP contribution is 2.38. The molecule has 1 aliphatic rings. The van der Waals surface area contributed by atoms with Gasteiger partial charge in [0.1, 0.15) is 5.75 Å². The van der Waals surface area contributed by atoms with E-state index in [4.69, 9.17) is 14.0 Å². The van der Waals surface area contributed by atoms with Gasteiger partial charge in [-0.3, -0.25) is 4.79 Å². The van der Waals surface area contributed by atoms with Gasteiger partial charge in [-0.25, -0.2) is 4.79 Å². The average molecular weight is 364 g/mol. The smallest absolute Gasteiger partial charge is 0.410 e. The van der Waals surface area contributed by atoms with Crippen LogP contribution in [-0.2, 0) is 21.8 Å². The number of amides is 1. The van der Waals surface area contributed by atoms with E-state index in [0.29, 0.717) is 11.0 Å². The summed E-state index contributed by atoms with van der Waals surface area (Å²) >= 11 is 0. The molecule has 1 aliphatic heterocycles. The van der Waals surface area contributed by atoms with Crippen molar-refractivity contribution in [2.75, 3.05) is 7.05 Å². The maximum atomic E-state index is 12.8. The number of ether oxygens (including phenoxy) is 1. The second kappa shape index (κ2) is 6.42. The molecule has 1 aromatic heterocycles. The summed E-state index contributed by atoms with van der Waals surface area (Å²) in [7, 11) is 2.37. The second-order valence-corrected chi connectivity index (χ2v) is 8.68. The van der Waals surface area contributed by atoms with E-state index in [-0.39, 0.29) is 11.3 Å². The van der Waals surface area contributed by atoms with Gasteiger partial charge >= 0.3 is 13.2 Å². The molecule has 0 spiro atoms. The van der Waals surface area contributed by atoms with Crippen LogP contribution >= 0.6 is 0 Å². The summed E-state index contributed by atoms with van der Waals surface area (Å²) in [6.07, 6.45) is 0.958. The van der Waals surface area contributed by atoms with Crippen LogP contribution in [0.1, 0.15) is 54.0 Å². The molecule has 144 valence electrons. The molecule has 1 aromatic rings. The molecule has 0 saturated carbocycles. The molecule has 2 rings (SSSR count). The van der Waals surface area contributed by atoms with Crippen molar-refractivity contribution in [3.05, 3.63) is 22.1 Å². The Labute approximate surface area is 155 Å². The third kappa shape index (κ3) is 3.53. The van der Waals surface area contributed by atoms with Crippen molar-refractivity contribution in [1.82, 2.24) is 9.88 Å². The Morgan fingerprint density at radius 2 is 1.69 bits per heavy atom. The van der Waals surface area contributed by atoms with Crippen LogP contribution in [-0.4, -0.2) is 36.0 Å². The molecule has 0 bridgehead atoms. The van der Waals surface area contributed by atoms with Gasteiger partial charge < -0.3 is 23.9 Å². The third-order valence-corrected chi connectivity index (χ3v) is 5.01. The van der Waals surface area contributed by atoms with Gasteiger partial charge in [-0.15, -0.1) is 0 Å². The van der Waals surface area contributed by atoms with E-state index in [9.17, 15) is 9.59 Å². The highest BCUT2D eigenvalue weighted by Gasteiger charge is 2.53. The fourth-order valence-corrected chi connectivity index (χ4v) is 2.80. The molecule has 7 nitrogen and oxygen atoms in total.